The minimum Gasteiger partial charge on any atom is -0.370 e. The van der Waals surface area contributed by atoms with Crippen molar-refractivity contribution >= 4 is 5.96 Å². The molecule has 0 amide bonds. The second kappa shape index (κ2) is 5.23. The second-order valence-electron chi connectivity index (χ2n) is 4.50. The molecule has 0 aliphatic carbocycles. The van der Waals surface area contributed by atoms with Gasteiger partial charge in [-0.05, 0) is 31.1 Å². The molecule has 14 heavy (non-hydrogen) atoms. The first-order chi connectivity index (χ1) is 6.65. The van der Waals surface area contributed by atoms with Gasteiger partial charge >= 0.3 is 0 Å². The molecular weight excluding hydrogens is 174 g/mol. The van der Waals surface area contributed by atoms with Gasteiger partial charge in [0, 0.05) is 20.1 Å². The van der Waals surface area contributed by atoms with Gasteiger partial charge < -0.3 is 10.6 Å². The SMILES string of the molecule is CN=C(N)N1CCCC(C(C)C)CC1. The summed E-state index contributed by atoms with van der Waals surface area (Å²) in [6, 6.07) is 0. The van der Waals surface area contributed by atoms with Crippen LogP contribution in [0, 0.1) is 11.8 Å². The van der Waals surface area contributed by atoms with Crippen molar-refractivity contribution in [2.24, 2.45) is 22.6 Å². The van der Waals surface area contributed by atoms with Crippen LogP contribution in [0.15, 0.2) is 4.99 Å². The van der Waals surface area contributed by atoms with Gasteiger partial charge in [0.2, 0.25) is 0 Å². The molecule has 0 bridgehead atoms. The van der Waals surface area contributed by atoms with Crippen LogP contribution in [-0.2, 0) is 0 Å². The molecule has 1 aliphatic rings. The van der Waals surface area contributed by atoms with Crippen LogP contribution in [0.3, 0.4) is 0 Å². The fourth-order valence-corrected chi connectivity index (χ4v) is 2.16. The molecule has 0 aromatic carbocycles. The number of nitrogens with zero attached hydrogens (tertiary/aromatic N) is 2. The zero-order valence-electron chi connectivity index (χ0n) is 9.66. The minimum absolute atomic E-state index is 0.703. The van der Waals surface area contributed by atoms with Crippen LogP contribution in [0.1, 0.15) is 33.1 Å². The van der Waals surface area contributed by atoms with E-state index >= 15 is 0 Å². The lowest BCUT2D eigenvalue weighted by Gasteiger charge is -2.21. The van der Waals surface area contributed by atoms with Crippen molar-refractivity contribution in [1.82, 2.24) is 4.90 Å². The van der Waals surface area contributed by atoms with E-state index < -0.39 is 0 Å². The average molecular weight is 197 g/mol. The lowest BCUT2D eigenvalue weighted by molar-refractivity contribution is 0.339. The summed E-state index contributed by atoms with van der Waals surface area (Å²) >= 11 is 0. The van der Waals surface area contributed by atoms with Crippen LogP contribution < -0.4 is 5.73 Å². The van der Waals surface area contributed by atoms with Crippen molar-refractivity contribution in [3.63, 3.8) is 0 Å². The average Bonchev–Trinajstić information content (AvgIpc) is 2.41. The molecule has 1 unspecified atom stereocenters. The lowest BCUT2D eigenvalue weighted by atomic mass is 9.89. The Balaban J connectivity index is 2.48. The predicted octanol–water partition coefficient (Wildman–Crippen LogP) is 1.69. The van der Waals surface area contributed by atoms with E-state index in [2.05, 4.69) is 23.7 Å². The van der Waals surface area contributed by atoms with E-state index in [1.54, 1.807) is 7.05 Å². The summed E-state index contributed by atoms with van der Waals surface area (Å²) < 4.78 is 0. The minimum atomic E-state index is 0.703. The molecule has 0 aromatic heterocycles. The predicted molar refractivity (Wildman–Crippen MR) is 61.3 cm³/mol. The molecule has 1 rings (SSSR count). The number of rotatable bonds is 1. The Bertz CT molecular complexity index is 199. The molecule has 82 valence electrons. The Kier molecular flexibility index (Phi) is 4.23. The van der Waals surface area contributed by atoms with Gasteiger partial charge in [0.1, 0.15) is 0 Å². The van der Waals surface area contributed by atoms with E-state index in [1.165, 1.54) is 19.3 Å². The van der Waals surface area contributed by atoms with Gasteiger partial charge in [0.05, 0.1) is 0 Å². The Morgan fingerprint density at radius 1 is 1.36 bits per heavy atom. The maximum absolute atomic E-state index is 5.81. The van der Waals surface area contributed by atoms with Gasteiger partial charge in [-0.15, -0.1) is 0 Å². The number of guanidine groups is 1. The standard InChI is InChI=1S/C11H23N3/c1-9(2)10-5-4-7-14(8-6-10)11(12)13-3/h9-10H,4-8H2,1-3H3,(H2,12,13). The number of hydrogen-bond donors (Lipinski definition) is 1. The van der Waals surface area contributed by atoms with Crippen molar-refractivity contribution in [3.8, 4) is 0 Å². The molecule has 1 aliphatic heterocycles. The maximum atomic E-state index is 5.81. The highest BCUT2D eigenvalue weighted by Crippen LogP contribution is 2.24. The van der Waals surface area contributed by atoms with E-state index in [0.717, 1.165) is 24.9 Å². The molecule has 0 saturated carbocycles. The van der Waals surface area contributed by atoms with Crippen molar-refractivity contribution in [2.45, 2.75) is 33.1 Å². The zero-order valence-corrected chi connectivity index (χ0v) is 9.66. The van der Waals surface area contributed by atoms with Crippen LogP contribution in [0.4, 0.5) is 0 Å². The van der Waals surface area contributed by atoms with Crippen LogP contribution >= 0.6 is 0 Å². The Morgan fingerprint density at radius 3 is 2.64 bits per heavy atom. The van der Waals surface area contributed by atoms with Crippen molar-refractivity contribution in [3.05, 3.63) is 0 Å². The van der Waals surface area contributed by atoms with Gasteiger partial charge in [-0.3, -0.25) is 4.99 Å². The molecular formula is C11H23N3. The maximum Gasteiger partial charge on any atom is 0.190 e. The van der Waals surface area contributed by atoms with Crippen molar-refractivity contribution in [1.29, 1.82) is 0 Å². The van der Waals surface area contributed by atoms with Gasteiger partial charge in [0.15, 0.2) is 5.96 Å². The van der Waals surface area contributed by atoms with Gasteiger partial charge in [0.25, 0.3) is 0 Å². The lowest BCUT2D eigenvalue weighted by Crippen LogP contribution is -2.38. The van der Waals surface area contributed by atoms with E-state index in [0.29, 0.717) is 5.96 Å². The summed E-state index contributed by atoms with van der Waals surface area (Å²) in [5, 5.41) is 0. The highest BCUT2D eigenvalue weighted by Gasteiger charge is 2.19. The van der Waals surface area contributed by atoms with E-state index in [4.69, 9.17) is 5.73 Å². The molecule has 0 spiro atoms. The number of aliphatic imine (C=N–C) groups is 1. The summed E-state index contributed by atoms with van der Waals surface area (Å²) in [6.07, 6.45) is 3.85. The molecule has 1 heterocycles. The van der Waals surface area contributed by atoms with Crippen molar-refractivity contribution < 1.29 is 0 Å². The summed E-state index contributed by atoms with van der Waals surface area (Å²) in [6.45, 7) is 6.79. The van der Waals surface area contributed by atoms with Crippen LogP contribution in [-0.4, -0.2) is 31.0 Å². The number of hydrogen-bond acceptors (Lipinski definition) is 1. The quantitative estimate of drug-likeness (QED) is 0.513. The number of nitrogens with two attached hydrogens (primary N) is 1. The van der Waals surface area contributed by atoms with Gasteiger partial charge in [-0.25, -0.2) is 0 Å². The molecule has 0 aromatic rings. The Labute approximate surface area is 87.4 Å². The first-order valence-electron chi connectivity index (χ1n) is 5.62. The zero-order chi connectivity index (χ0) is 10.6. The first-order valence-corrected chi connectivity index (χ1v) is 5.62. The Morgan fingerprint density at radius 2 is 2.07 bits per heavy atom. The first kappa shape index (κ1) is 11.3. The van der Waals surface area contributed by atoms with E-state index in [1.807, 2.05) is 0 Å². The van der Waals surface area contributed by atoms with Crippen LogP contribution in [0.5, 0.6) is 0 Å². The third-order valence-corrected chi connectivity index (χ3v) is 3.27. The molecule has 2 N–H and O–H groups in total. The molecule has 0 radical (unpaired) electrons. The monoisotopic (exact) mass is 197 g/mol. The van der Waals surface area contributed by atoms with Crippen LogP contribution in [0.2, 0.25) is 0 Å². The Hall–Kier alpha value is -0.730. The highest BCUT2D eigenvalue weighted by atomic mass is 15.2. The van der Waals surface area contributed by atoms with Crippen LogP contribution in [0.25, 0.3) is 0 Å². The normalized spacial score (nSPS) is 25.3. The summed E-state index contributed by atoms with van der Waals surface area (Å²) in [5.41, 5.74) is 5.81. The van der Waals surface area contributed by atoms with Crippen molar-refractivity contribution in [2.75, 3.05) is 20.1 Å². The van der Waals surface area contributed by atoms with Gasteiger partial charge in [-0.1, -0.05) is 13.8 Å². The largest absolute Gasteiger partial charge is 0.370 e. The van der Waals surface area contributed by atoms with E-state index in [9.17, 15) is 0 Å². The molecule has 1 saturated heterocycles. The highest BCUT2D eigenvalue weighted by molar-refractivity contribution is 5.77. The fourth-order valence-electron chi connectivity index (χ4n) is 2.16. The molecule has 3 nitrogen and oxygen atoms in total. The topological polar surface area (TPSA) is 41.6 Å². The summed E-state index contributed by atoms with van der Waals surface area (Å²) in [7, 11) is 1.76. The molecule has 1 atom stereocenters. The second-order valence-corrected chi connectivity index (χ2v) is 4.50. The summed E-state index contributed by atoms with van der Waals surface area (Å²) in [5.74, 6) is 2.37. The molecule has 3 heteroatoms. The summed E-state index contributed by atoms with van der Waals surface area (Å²) in [4.78, 5) is 6.25. The molecule has 1 fully saturated rings. The van der Waals surface area contributed by atoms with Gasteiger partial charge in [-0.2, -0.15) is 0 Å². The number of likely N-dealkylation sites (tertiary alicyclic amines) is 1. The fraction of sp³-hybridized carbons (Fsp3) is 0.909. The van der Waals surface area contributed by atoms with E-state index in [-0.39, 0.29) is 0 Å². The smallest absolute Gasteiger partial charge is 0.190 e. The third kappa shape index (κ3) is 2.89. The third-order valence-electron chi connectivity index (χ3n) is 3.27.